The molecule has 3 rings (SSSR count). The minimum Gasteiger partial charge on any atom is -0.390 e. The SMILES string of the molecule is CC[C@H](C)CC(=O)N(NC(=O)C1CCCN1)[C@@H](Cc1ccccc1)[C@H](O)CN(CC(C)C)S(=O)(=O)c1ccccc1. The highest BCUT2D eigenvalue weighted by atomic mass is 32.2. The monoisotopic (exact) mass is 586 g/mol. The van der Waals surface area contributed by atoms with Crippen LogP contribution in [-0.2, 0) is 26.0 Å². The predicted molar refractivity (Wildman–Crippen MR) is 160 cm³/mol. The zero-order valence-corrected chi connectivity index (χ0v) is 25.5. The molecule has 2 amide bonds. The molecule has 9 nitrogen and oxygen atoms in total. The maximum Gasteiger partial charge on any atom is 0.255 e. The van der Waals surface area contributed by atoms with Crippen LogP contribution in [0.3, 0.4) is 0 Å². The molecule has 1 aliphatic heterocycles. The van der Waals surface area contributed by atoms with Gasteiger partial charge in [-0.15, -0.1) is 0 Å². The zero-order valence-electron chi connectivity index (χ0n) is 24.7. The molecule has 41 heavy (non-hydrogen) atoms. The number of carbonyl (C=O) groups is 2. The van der Waals surface area contributed by atoms with Gasteiger partial charge in [0.05, 0.1) is 23.1 Å². The van der Waals surface area contributed by atoms with Crippen molar-refractivity contribution in [2.45, 2.75) is 82.9 Å². The molecule has 0 saturated carbocycles. The van der Waals surface area contributed by atoms with Gasteiger partial charge in [-0.1, -0.05) is 82.6 Å². The Morgan fingerprint density at radius 1 is 1.02 bits per heavy atom. The Morgan fingerprint density at radius 2 is 1.66 bits per heavy atom. The van der Waals surface area contributed by atoms with E-state index in [9.17, 15) is 23.1 Å². The number of hydrogen-bond acceptors (Lipinski definition) is 6. The van der Waals surface area contributed by atoms with Gasteiger partial charge in [-0.3, -0.25) is 15.0 Å². The normalized spacial score (nSPS) is 17.8. The zero-order chi connectivity index (χ0) is 30.0. The molecular formula is C31H46N4O5S. The van der Waals surface area contributed by atoms with Gasteiger partial charge in [0.25, 0.3) is 5.91 Å². The number of carbonyl (C=O) groups excluding carboxylic acids is 2. The van der Waals surface area contributed by atoms with E-state index in [0.29, 0.717) is 6.42 Å². The van der Waals surface area contributed by atoms with Gasteiger partial charge in [0.2, 0.25) is 15.9 Å². The fourth-order valence-corrected chi connectivity index (χ4v) is 6.62. The van der Waals surface area contributed by atoms with Crippen molar-refractivity contribution in [2.24, 2.45) is 11.8 Å². The molecule has 0 aliphatic carbocycles. The van der Waals surface area contributed by atoms with Crippen molar-refractivity contribution < 1.29 is 23.1 Å². The topological polar surface area (TPSA) is 119 Å². The first-order valence-corrected chi connectivity index (χ1v) is 16.1. The van der Waals surface area contributed by atoms with Crippen molar-refractivity contribution in [1.82, 2.24) is 20.1 Å². The van der Waals surface area contributed by atoms with Crippen LogP contribution in [0.1, 0.15) is 58.9 Å². The van der Waals surface area contributed by atoms with Gasteiger partial charge in [0.1, 0.15) is 0 Å². The van der Waals surface area contributed by atoms with E-state index in [0.717, 1.165) is 24.9 Å². The molecule has 2 aromatic rings. The number of hydrazine groups is 1. The second-order valence-corrected chi connectivity index (χ2v) is 13.4. The average molecular weight is 587 g/mol. The third-order valence-corrected chi connectivity index (χ3v) is 9.35. The maximum atomic E-state index is 13.7. The fourth-order valence-electron chi connectivity index (χ4n) is 4.98. The first-order chi connectivity index (χ1) is 19.5. The molecule has 10 heteroatoms. The molecule has 4 atom stereocenters. The van der Waals surface area contributed by atoms with Gasteiger partial charge in [-0.2, -0.15) is 4.31 Å². The van der Waals surface area contributed by atoms with Crippen LogP contribution in [0.15, 0.2) is 65.6 Å². The smallest absolute Gasteiger partial charge is 0.255 e. The van der Waals surface area contributed by atoms with Crippen LogP contribution in [0, 0.1) is 11.8 Å². The number of amides is 2. The summed E-state index contributed by atoms with van der Waals surface area (Å²) >= 11 is 0. The Balaban J connectivity index is 1.99. The van der Waals surface area contributed by atoms with E-state index in [1.54, 1.807) is 18.2 Å². The summed E-state index contributed by atoms with van der Waals surface area (Å²) in [6.07, 6.45) is 1.42. The van der Waals surface area contributed by atoms with Crippen LogP contribution in [0.5, 0.6) is 0 Å². The van der Waals surface area contributed by atoms with E-state index in [-0.39, 0.29) is 54.5 Å². The highest BCUT2D eigenvalue weighted by Gasteiger charge is 2.37. The molecule has 2 aromatic carbocycles. The molecule has 3 N–H and O–H groups in total. The Labute approximate surface area is 245 Å². The summed E-state index contributed by atoms with van der Waals surface area (Å²) in [6, 6.07) is 16.2. The van der Waals surface area contributed by atoms with Crippen LogP contribution >= 0.6 is 0 Å². The van der Waals surface area contributed by atoms with E-state index >= 15 is 0 Å². The van der Waals surface area contributed by atoms with Gasteiger partial charge in [-0.25, -0.2) is 13.4 Å². The molecule has 0 aromatic heterocycles. The molecule has 0 spiro atoms. The minimum atomic E-state index is -3.93. The Kier molecular flexibility index (Phi) is 12.3. The van der Waals surface area contributed by atoms with Gasteiger partial charge in [-0.05, 0) is 55.3 Å². The highest BCUT2D eigenvalue weighted by Crippen LogP contribution is 2.22. The molecule has 226 valence electrons. The molecule has 1 fully saturated rings. The van der Waals surface area contributed by atoms with Crippen molar-refractivity contribution in [3.63, 3.8) is 0 Å². The maximum absolute atomic E-state index is 13.7. The third-order valence-electron chi connectivity index (χ3n) is 7.50. The van der Waals surface area contributed by atoms with Crippen LogP contribution < -0.4 is 10.7 Å². The number of aliphatic hydroxyl groups excluding tert-OH is 1. The lowest BCUT2D eigenvalue weighted by molar-refractivity contribution is -0.149. The van der Waals surface area contributed by atoms with Gasteiger partial charge in [0, 0.05) is 19.5 Å². The summed E-state index contributed by atoms with van der Waals surface area (Å²) in [5.41, 5.74) is 3.68. The first kappa shape index (κ1) is 32.7. The van der Waals surface area contributed by atoms with Crippen LogP contribution in [0.4, 0.5) is 0 Å². The summed E-state index contributed by atoms with van der Waals surface area (Å²) in [7, 11) is -3.93. The van der Waals surface area contributed by atoms with E-state index in [1.165, 1.54) is 21.4 Å². The van der Waals surface area contributed by atoms with Crippen LogP contribution in [0.25, 0.3) is 0 Å². The number of nitrogens with zero attached hydrogens (tertiary/aromatic N) is 2. The van der Waals surface area contributed by atoms with Gasteiger partial charge >= 0.3 is 0 Å². The average Bonchev–Trinajstić information content (AvgIpc) is 3.50. The van der Waals surface area contributed by atoms with Gasteiger partial charge < -0.3 is 10.4 Å². The molecule has 0 bridgehead atoms. The van der Waals surface area contributed by atoms with Crippen molar-refractivity contribution in [3.8, 4) is 0 Å². The van der Waals surface area contributed by atoms with Crippen molar-refractivity contribution in [3.05, 3.63) is 66.2 Å². The Hall–Kier alpha value is -2.79. The second-order valence-electron chi connectivity index (χ2n) is 11.5. The largest absolute Gasteiger partial charge is 0.390 e. The van der Waals surface area contributed by atoms with Gasteiger partial charge in [0.15, 0.2) is 0 Å². The number of nitrogens with one attached hydrogen (secondary N) is 2. The summed E-state index contributed by atoms with van der Waals surface area (Å²) in [5, 5.41) is 16.2. The fraction of sp³-hybridized carbons (Fsp3) is 0.548. The lowest BCUT2D eigenvalue weighted by atomic mass is 9.98. The number of benzene rings is 2. The minimum absolute atomic E-state index is 0.00968. The predicted octanol–water partition coefficient (Wildman–Crippen LogP) is 3.35. The molecule has 1 heterocycles. The Bertz CT molecular complexity index is 1200. The number of aliphatic hydroxyl groups is 1. The van der Waals surface area contributed by atoms with Crippen LogP contribution in [-0.4, -0.2) is 72.5 Å². The highest BCUT2D eigenvalue weighted by molar-refractivity contribution is 7.89. The second kappa shape index (κ2) is 15.4. The Morgan fingerprint density at radius 3 is 2.22 bits per heavy atom. The standard InChI is InChI=1S/C31H46N4O5S/c1-5-24(4)19-30(37)35(33-31(38)27-17-12-18-32-27)28(20-25-13-8-6-9-14-25)29(36)22-34(21-23(2)3)41(39,40)26-15-10-7-11-16-26/h6-11,13-16,23-24,27-29,32,36H,5,12,17-22H2,1-4H3,(H,33,38)/t24-,27?,28-,29+/m0/s1. The number of hydrogen-bond donors (Lipinski definition) is 3. The lowest BCUT2D eigenvalue weighted by Crippen LogP contribution is -2.61. The quantitative estimate of drug-likeness (QED) is 0.292. The summed E-state index contributed by atoms with van der Waals surface area (Å²) < 4.78 is 28.6. The first-order valence-electron chi connectivity index (χ1n) is 14.7. The van der Waals surface area contributed by atoms with E-state index < -0.39 is 28.2 Å². The number of rotatable bonds is 14. The third kappa shape index (κ3) is 9.36. The molecule has 1 aliphatic rings. The summed E-state index contributed by atoms with van der Waals surface area (Å²) in [4.78, 5) is 27.1. The molecule has 0 radical (unpaired) electrons. The van der Waals surface area contributed by atoms with Crippen molar-refractivity contribution in [1.29, 1.82) is 0 Å². The molecule has 1 unspecified atom stereocenters. The lowest BCUT2D eigenvalue weighted by Gasteiger charge is -2.38. The molecular weight excluding hydrogens is 540 g/mol. The molecule has 1 saturated heterocycles. The van der Waals surface area contributed by atoms with E-state index in [2.05, 4.69) is 10.7 Å². The summed E-state index contributed by atoms with van der Waals surface area (Å²) in [5.74, 6) is -0.588. The van der Waals surface area contributed by atoms with Crippen molar-refractivity contribution in [2.75, 3.05) is 19.6 Å². The summed E-state index contributed by atoms with van der Waals surface area (Å²) in [6.45, 7) is 8.46. The van der Waals surface area contributed by atoms with E-state index in [1.807, 2.05) is 58.0 Å². The van der Waals surface area contributed by atoms with E-state index in [4.69, 9.17) is 0 Å². The van der Waals surface area contributed by atoms with Crippen molar-refractivity contribution >= 4 is 21.8 Å². The van der Waals surface area contributed by atoms with Crippen LogP contribution in [0.2, 0.25) is 0 Å². The number of sulfonamides is 1.